The van der Waals surface area contributed by atoms with Gasteiger partial charge < -0.3 is 9.88 Å². The van der Waals surface area contributed by atoms with Gasteiger partial charge in [0.25, 0.3) is 0 Å². The maximum atomic E-state index is 12.2. The van der Waals surface area contributed by atoms with Crippen molar-refractivity contribution >= 4 is 10.0 Å². The first-order chi connectivity index (χ1) is 9.53. The highest BCUT2D eigenvalue weighted by Crippen LogP contribution is 2.20. The Morgan fingerprint density at radius 2 is 2.10 bits per heavy atom. The van der Waals surface area contributed by atoms with Crippen LogP contribution in [0.2, 0.25) is 0 Å². The van der Waals surface area contributed by atoms with Crippen LogP contribution in [-0.2, 0) is 23.6 Å². The van der Waals surface area contributed by atoms with Crippen LogP contribution >= 0.6 is 0 Å². The minimum Gasteiger partial charge on any atom is -0.352 e. The Kier molecular flexibility index (Phi) is 5.23. The van der Waals surface area contributed by atoms with E-state index >= 15 is 0 Å². The van der Waals surface area contributed by atoms with E-state index in [4.69, 9.17) is 0 Å². The van der Waals surface area contributed by atoms with E-state index in [0.29, 0.717) is 17.5 Å². The lowest BCUT2D eigenvalue weighted by Crippen LogP contribution is -2.24. The van der Waals surface area contributed by atoms with E-state index in [2.05, 4.69) is 17.0 Å². The summed E-state index contributed by atoms with van der Waals surface area (Å²) in [6.07, 6.45) is 7.17. The lowest BCUT2D eigenvalue weighted by Gasteiger charge is -2.03. The van der Waals surface area contributed by atoms with Crippen LogP contribution in [0, 0.1) is 0 Å². The van der Waals surface area contributed by atoms with Gasteiger partial charge in [-0.15, -0.1) is 0 Å². The average Bonchev–Trinajstić information content (AvgIpc) is 3.15. The highest BCUT2D eigenvalue weighted by Gasteiger charge is 2.22. The molecule has 114 valence electrons. The molecule has 1 aliphatic carbocycles. The highest BCUT2D eigenvalue weighted by molar-refractivity contribution is 7.89. The molecule has 1 saturated carbocycles. The molecular weight excluding hydrogens is 274 g/mol. The Labute approximate surface area is 121 Å². The zero-order chi connectivity index (χ0) is 14.6. The highest BCUT2D eigenvalue weighted by atomic mass is 32.2. The van der Waals surface area contributed by atoms with Gasteiger partial charge in [0.15, 0.2) is 0 Å². The second-order valence-electron chi connectivity index (χ2n) is 5.54. The lowest BCUT2D eigenvalue weighted by atomic mass is 10.3. The van der Waals surface area contributed by atoms with Crippen molar-refractivity contribution in [2.24, 2.45) is 7.05 Å². The summed E-state index contributed by atoms with van der Waals surface area (Å²) in [5.74, 6) is 0. The summed E-state index contributed by atoms with van der Waals surface area (Å²) in [5, 5.41) is 3.40. The minimum atomic E-state index is -3.36. The molecule has 0 unspecified atom stereocenters. The fourth-order valence-electron chi connectivity index (χ4n) is 2.10. The van der Waals surface area contributed by atoms with Gasteiger partial charge in [-0.25, -0.2) is 13.1 Å². The molecule has 5 nitrogen and oxygen atoms in total. The molecule has 2 N–H and O–H groups in total. The van der Waals surface area contributed by atoms with Gasteiger partial charge in [0.1, 0.15) is 0 Å². The van der Waals surface area contributed by atoms with Crippen molar-refractivity contribution in [1.82, 2.24) is 14.6 Å². The van der Waals surface area contributed by atoms with Gasteiger partial charge in [0.05, 0.1) is 4.90 Å². The molecule has 0 atom stereocenters. The third-order valence-electron chi connectivity index (χ3n) is 3.61. The predicted octanol–water partition coefficient (Wildman–Crippen LogP) is 1.75. The molecule has 0 spiro atoms. The maximum absolute atomic E-state index is 12.2. The first-order valence-electron chi connectivity index (χ1n) is 7.41. The lowest BCUT2D eigenvalue weighted by molar-refractivity contribution is 0.576. The van der Waals surface area contributed by atoms with E-state index in [1.165, 1.54) is 12.8 Å². The molecule has 0 amide bonds. The van der Waals surface area contributed by atoms with E-state index < -0.39 is 10.0 Å². The van der Waals surface area contributed by atoms with Gasteiger partial charge in [-0.05, 0) is 25.3 Å². The van der Waals surface area contributed by atoms with Crippen LogP contribution in [0.25, 0.3) is 0 Å². The molecule has 1 aromatic heterocycles. The maximum Gasteiger partial charge on any atom is 0.242 e. The summed E-state index contributed by atoms with van der Waals surface area (Å²) in [5.41, 5.74) is 1.01. The number of nitrogens with one attached hydrogen (secondary N) is 2. The molecule has 1 heterocycles. The van der Waals surface area contributed by atoms with Gasteiger partial charge >= 0.3 is 0 Å². The van der Waals surface area contributed by atoms with Crippen LogP contribution in [-0.4, -0.2) is 25.6 Å². The topological polar surface area (TPSA) is 63.1 Å². The average molecular weight is 299 g/mol. The third-order valence-corrected chi connectivity index (χ3v) is 5.04. The number of aryl methyl sites for hydroxylation is 1. The van der Waals surface area contributed by atoms with Gasteiger partial charge in [-0.2, -0.15) is 0 Å². The molecule has 0 saturated heterocycles. The van der Waals surface area contributed by atoms with Crippen LogP contribution in [0.1, 0.15) is 44.7 Å². The molecule has 0 bridgehead atoms. The zero-order valence-electron chi connectivity index (χ0n) is 12.4. The van der Waals surface area contributed by atoms with Crippen molar-refractivity contribution < 1.29 is 8.42 Å². The zero-order valence-corrected chi connectivity index (χ0v) is 13.2. The quantitative estimate of drug-likeness (QED) is 0.683. The smallest absolute Gasteiger partial charge is 0.242 e. The fraction of sp³-hybridized carbons (Fsp3) is 0.714. The number of aromatic nitrogens is 1. The molecule has 2 rings (SSSR count). The largest absolute Gasteiger partial charge is 0.352 e. The van der Waals surface area contributed by atoms with Crippen molar-refractivity contribution in [2.75, 3.05) is 6.54 Å². The Hall–Kier alpha value is -0.850. The number of hydrogen-bond donors (Lipinski definition) is 2. The molecule has 0 aliphatic heterocycles. The van der Waals surface area contributed by atoms with E-state index in [1.807, 2.05) is 11.6 Å². The number of sulfonamides is 1. The molecule has 0 aromatic carbocycles. The molecule has 1 fully saturated rings. The first kappa shape index (κ1) is 15.5. The van der Waals surface area contributed by atoms with Gasteiger partial charge in [0, 0.05) is 38.1 Å². The number of rotatable bonds is 9. The summed E-state index contributed by atoms with van der Waals surface area (Å²) < 4.78 is 28.9. The van der Waals surface area contributed by atoms with Gasteiger partial charge in [-0.1, -0.05) is 19.8 Å². The van der Waals surface area contributed by atoms with Crippen LogP contribution in [0.4, 0.5) is 0 Å². The summed E-state index contributed by atoms with van der Waals surface area (Å²) in [6.45, 7) is 3.35. The molecule has 0 radical (unpaired) electrons. The van der Waals surface area contributed by atoms with E-state index in [-0.39, 0.29) is 0 Å². The second-order valence-corrected chi connectivity index (χ2v) is 7.31. The third kappa shape index (κ3) is 4.33. The van der Waals surface area contributed by atoms with E-state index in [1.54, 1.807) is 12.3 Å². The Bertz CT molecular complexity index is 533. The standard InChI is InChI=1S/C14H25N3O2S/c1-3-4-5-8-16-20(18,19)14-9-13(17(2)11-14)10-15-12-6-7-12/h9,11-12,15-16H,3-8,10H2,1-2H3. The van der Waals surface area contributed by atoms with Crippen molar-refractivity contribution in [1.29, 1.82) is 0 Å². The van der Waals surface area contributed by atoms with Crippen LogP contribution in [0.3, 0.4) is 0 Å². The van der Waals surface area contributed by atoms with Crippen molar-refractivity contribution in [2.45, 2.75) is 56.5 Å². The monoisotopic (exact) mass is 299 g/mol. The van der Waals surface area contributed by atoms with Crippen molar-refractivity contribution in [3.63, 3.8) is 0 Å². The number of unbranched alkanes of at least 4 members (excludes halogenated alkanes) is 2. The van der Waals surface area contributed by atoms with Crippen molar-refractivity contribution in [3.05, 3.63) is 18.0 Å². The second kappa shape index (κ2) is 6.74. The molecular formula is C14H25N3O2S. The summed E-state index contributed by atoms with van der Waals surface area (Å²) in [6, 6.07) is 2.38. The van der Waals surface area contributed by atoms with Crippen LogP contribution in [0.5, 0.6) is 0 Å². The molecule has 20 heavy (non-hydrogen) atoms. The Morgan fingerprint density at radius 3 is 2.75 bits per heavy atom. The normalized spacial score (nSPS) is 15.7. The van der Waals surface area contributed by atoms with Gasteiger partial charge in [0.2, 0.25) is 10.0 Å². The number of nitrogens with zero attached hydrogens (tertiary/aromatic N) is 1. The molecule has 1 aliphatic rings. The van der Waals surface area contributed by atoms with Crippen LogP contribution in [0.15, 0.2) is 17.2 Å². The Balaban J connectivity index is 1.94. The number of hydrogen-bond acceptors (Lipinski definition) is 3. The van der Waals surface area contributed by atoms with Crippen LogP contribution < -0.4 is 10.0 Å². The summed E-state index contributed by atoms with van der Waals surface area (Å²) in [7, 11) is -1.48. The summed E-state index contributed by atoms with van der Waals surface area (Å²) in [4.78, 5) is 0.365. The molecule has 1 aromatic rings. The Morgan fingerprint density at radius 1 is 1.35 bits per heavy atom. The summed E-state index contributed by atoms with van der Waals surface area (Å²) >= 11 is 0. The predicted molar refractivity (Wildman–Crippen MR) is 80.0 cm³/mol. The van der Waals surface area contributed by atoms with Gasteiger partial charge in [-0.3, -0.25) is 0 Å². The SMILES string of the molecule is CCCCCNS(=O)(=O)c1cc(CNC2CC2)n(C)c1. The van der Waals surface area contributed by atoms with E-state index in [0.717, 1.165) is 31.5 Å². The minimum absolute atomic E-state index is 0.365. The fourth-order valence-corrected chi connectivity index (χ4v) is 3.27. The first-order valence-corrected chi connectivity index (χ1v) is 8.89. The van der Waals surface area contributed by atoms with Crippen molar-refractivity contribution in [3.8, 4) is 0 Å². The molecule has 6 heteroatoms. The van der Waals surface area contributed by atoms with E-state index in [9.17, 15) is 8.42 Å².